The minimum Gasteiger partial charge on any atom is -0.481 e. The Kier molecular flexibility index (Phi) is 6.23. The molecular formula is C18H17Cl2NO3. The highest BCUT2D eigenvalue weighted by atomic mass is 35.5. The van der Waals surface area contributed by atoms with Crippen molar-refractivity contribution in [2.45, 2.75) is 19.8 Å². The molecule has 0 bridgehead atoms. The first-order valence-corrected chi connectivity index (χ1v) is 8.14. The topological polar surface area (TPSA) is 66.4 Å². The quantitative estimate of drug-likeness (QED) is 0.787. The third-order valence-corrected chi connectivity index (χ3v) is 4.37. The number of rotatable bonds is 6. The van der Waals surface area contributed by atoms with Gasteiger partial charge in [0, 0.05) is 15.7 Å². The largest absolute Gasteiger partial charge is 0.481 e. The predicted molar refractivity (Wildman–Crippen MR) is 95.7 cm³/mol. The van der Waals surface area contributed by atoms with Crippen LogP contribution in [0.5, 0.6) is 0 Å². The van der Waals surface area contributed by atoms with Crippen LogP contribution in [0.2, 0.25) is 10.0 Å². The van der Waals surface area contributed by atoms with E-state index in [1.54, 1.807) is 49.4 Å². The lowest BCUT2D eigenvalue weighted by Gasteiger charge is -2.17. The molecule has 0 aromatic heterocycles. The third kappa shape index (κ3) is 4.98. The molecule has 0 radical (unpaired) electrons. The van der Waals surface area contributed by atoms with Gasteiger partial charge in [0.2, 0.25) is 5.91 Å². The smallest absolute Gasteiger partial charge is 0.304 e. The van der Waals surface area contributed by atoms with Crippen LogP contribution in [0.1, 0.15) is 17.5 Å². The second kappa shape index (κ2) is 8.18. The Hall–Kier alpha value is -2.04. The fourth-order valence-corrected chi connectivity index (χ4v) is 2.65. The number of benzene rings is 2. The number of aliphatic carboxylic acids is 1. The van der Waals surface area contributed by atoms with Crippen molar-refractivity contribution >= 4 is 40.8 Å². The molecule has 2 rings (SSSR count). The van der Waals surface area contributed by atoms with Gasteiger partial charge >= 0.3 is 5.97 Å². The number of hydrogen-bond donors (Lipinski definition) is 2. The van der Waals surface area contributed by atoms with Crippen LogP contribution in [0.15, 0.2) is 42.5 Å². The number of nitrogens with one attached hydrogen (secondary N) is 1. The van der Waals surface area contributed by atoms with Crippen molar-refractivity contribution in [3.8, 4) is 0 Å². The molecule has 0 fully saturated rings. The summed E-state index contributed by atoms with van der Waals surface area (Å²) in [5, 5.41) is 13.0. The molecule has 0 heterocycles. The van der Waals surface area contributed by atoms with E-state index in [2.05, 4.69) is 5.32 Å². The van der Waals surface area contributed by atoms with E-state index in [1.165, 1.54) is 0 Å². The van der Waals surface area contributed by atoms with Crippen LogP contribution in [0, 0.1) is 12.8 Å². The van der Waals surface area contributed by atoms with Crippen LogP contribution in [-0.2, 0) is 16.0 Å². The Morgan fingerprint density at radius 3 is 2.42 bits per heavy atom. The molecule has 0 spiro atoms. The molecule has 1 unspecified atom stereocenters. The van der Waals surface area contributed by atoms with Gasteiger partial charge in [-0.05, 0) is 48.7 Å². The van der Waals surface area contributed by atoms with Crippen LogP contribution < -0.4 is 5.32 Å². The van der Waals surface area contributed by atoms with Gasteiger partial charge in [-0.1, -0.05) is 41.4 Å². The zero-order chi connectivity index (χ0) is 17.7. The van der Waals surface area contributed by atoms with E-state index in [0.717, 1.165) is 11.1 Å². The van der Waals surface area contributed by atoms with E-state index in [1.807, 2.05) is 0 Å². The van der Waals surface area contributed by atoms with Crippen molar-refractivity contribution in [1.29, 1.82) is 0 Å². The number of carboxylic acids is 1. The van der Waals surface area contributed by atoms with E-state index in [-0.39, 0.29) is 12.3 Å². The van der Waals surface area contributed by atoms with E-state index in [0.29, 0.717) is 22.2 Å². The molecule has 0 saturated carbocycles. The zero-order valence-electron chi connectivity index (χ0n) is 13.1. The fraction of sp³-hybridized carbons (Fsp3) is 0.222. The van der Waals surface area contributed by atoms with Crippen molar-refractivity contribution in [3.05, 3.63) is 63.6 Å². The van der Waals surface area contributed by atoms with E-state index in [4.69, 9.17) is 28.3 Å². The average molecular weight is 366 g/mol. The van der Waals surface area contributed by atoms with Crippen molar-refractivity contribution in [2.24, 2.45) is 5.92 Å². The highest BCUT2D eigenvalue weighted by molar-refractivity contribution is 6.31. The summed E-state index contributed by atoms with van der Waals surface area (Å²) < 4.78 is 0. The minimum atomic E-state index is -1.02. The first kappa shape index (κ1) is 18.3. The molecule has 4 nitrogen and oxygen atoms in total. The monoisotopic (exact) mass is 365 g/mol. The van der Waals surface area contributed by atoms with Crippen molar-refractivity contribution in [2.75, 3.05) is 5.32 Å². The molecular weight excluding hydrogens is 349 g/mol. The van der Waals surface area contributed by atoms with Gasteiger partial charge in [-0.2, -0.15) is 0 Å². The summed E-state index contributed by atoms with van der Waals surface area (Å²) in [4.78, 5) is 23.6. The van der Waals surface area contributed by atoms with Gasteiger partial charge in [-0.3, -0.25) is 9.59 Å². The predicted octanol–water partition coefficient (Wildman–Crippen LogP) is 4.57. The molecule has 0 saturated heterocycles. The van der Waals surface area contributed by atoms with Crippen molar-refractivity contribution in [3.63, 3.8) is 0 Å². The molecule has 126 valence electrons. The van der Waals surface area contributed by atoms with Crippen LogP contribution in [-0.4, -0.2) is 17.0 Å². The lowest BCUT2D eigenvalue weighted by Crippen LogP contribution is -2.27. The molecule has 2 aromatic rings. The Morgan fingerprint density at radius 1 is 1.12 bits per heavy atom. The maximum atomic E-state index is 12.5. The van der Waals surface area contributed by atoms with Crippen LogP contribution >= 0.6 is 23.2 Å². The minimum absolute atomic E-state index is 0.256. The molecule has 0 aliphatic rings. The lowest BCUT2D eigenvalue weighted by atomic mass is 9.95. The molecule has 1 amide bonds. The first-order chi connectivity index (χ1) is 11.4. The van der Waals surface area contributed by atoms with Gasteiger partial charge in [0.25, 0.3) is 0 Å². The summed E-state index contributed by atoms with van der Waals surface area (Å²) in [5.74, 6) is -2.06. The second-order valence-corrected chi connectivity index (χ2v) is 6.37. The first-order valence-electron chi connectivity index (χ1n) is 7.39. The summed E-state index contributed by atoms with van der Waals surface area (Å²) >= 11 is 11.9. The summed E-state index contributed by atoms with van der Waals surface area (Å²) in [5.41, 5.74) is 2.18. The van der Waals surface area contributed by atoms with E-state index >= 15 is 0 Å². The van der Waals surface area contributed by atoms with Crippen LogP contribution in [0.3, 0.4) is 0 Å². The normalized spacial score (nSPS) is 11.8. The van der Waals surface area contributed by atoms with Gasteiger partial charge in [0.1, 0.15) is 0 Å². The highest BCUT2D eigenvalue weighted by Crippen LogP contribution is 2.24. The number of carbonyl (C=O) groups excluding carboxylic acids is 1. The van der Waals surface area contributed by atoms with Crippen molar-refractivity contribution < 1.29 is 14.7 Å². The van der Waals surface area contributed by atoms with Gasteiger partial charge in [0.05, 0.1) is 12.3 Å². The SMILES string of the molecule is Cc1c(Cl)cccc1NC(=O)C(CC(=O)O)Cc1ccc(Cl)cc1. The van der Waals surface area contributed by atoms with Gasteiger partial charge < -0.3 is 10.4 Å². The summed E-state index contributed by atoms with van der Waals surface area (Å²) in [6.45, 7) is 1.79. The van der Waals surface area contributed by atoms with Crippen LogP contribution in [0.4, 0.5) is 5.69 Å². The molecule has 1 atom stereocenters. The highest BCUT2D eigenvalue weighted by Gasteiger charge is 2.23. The van der Waals surface area contributed by atoms with E-state index < -0.39 is 11.9 Å². The number of amides is 1. The number of hydrogen-bond acceptors (Lipinski definition) is 2. The van der Waals surface area contributed by atoms with Crippen molar-refractivity contribution in [1.82, 2.24) is 0 Å². The Labute approximate surface area is 150 Å². The number of anilines is 1. The van der Waals surface area contributed by atoms with E-state index in [9.17, 15) is 9.59 Å². The number of halogens is 2. The lowest BCUT2D eigenvalue weighted by molar-refractivity contribution is -0.140. The Balaban J connectivity index is 2.17. The summed E-state index contributed by atoms with van der Waals surface area (Å²) in [7, 11) is 0. The Morgan fingerprint density at radius 2 is 1.79 bits per heavy atom. The molecule has 2 aromatic carbocycles. The van der Waals surface area contributed by atoms with Gasteiger partial charge in [0.15, 0.2) is 0 Å². The number of carboxylic acid groups (broad SMARTS) is 1. The average Bonchev–Trinajstić information content (AvgIpc) is 2.53. The van der Waals surface area contributed by atoms with Crippen LogP contribution in [0.25, 0.3) is 0 Å². The molecule has 6 heteroatoms. The maximum Gasteiger partial charge on any atom is 0.304 e. The Bertz CT molecular complexity index is 744. The fourth-order valence-electron chi connectivity index (χ4n) is 2.35. The second-order valence-electron chi connectivity index (χ2n) is 5.53. The zero-order valence-corrected chi connectivity index (χ0v) is 14.6. The molecule has 24 heavy (non-hydrogen) atoms. The molecule has 0 aliphatic carbocycles. The van der Waals surface area contributed by atoms with Gasteiger partial charge in [-0.25, -0.2) is 0 Å². The van der Waals surface area contributed by atoms with Gasteiger partial charge in [-0.15, -0.1) is 0 Å². The molecule has 0 aliphatic heterocycles. The third-order valence-electron chi connectivity index (χ3n) is 3.71. The maximum absolute atomic E-state index is 12.5. The molecule has 2 N–H and O–H groups in total. The standard InChI is InChI=1S/C18H17Cl2NO3/c1-11-15(20)3-2-4-16(11)21-18(24)13(10-17(22)23)9-12-5-7-14(19)8-6-12/h2-8,13H,9-10H2,1H3,(H,21,24)(H,22,23). The summed E-state index contributed by atoms with van der Waals surface area (Å²) in [6.07, 6.45) is 0.0585. The summed E-state index contributed by atoms with van der Waals surface area (Å²) in [6, 6.07) is 12.2. The number of carbonyl (C=O) groups is 2.